The quantitative estimate of drug-likeness (QED) is 0.932. The second-order valence-corrected chi connectivity index (χ2v) is 5.51. The molecule has 2 aromatic heterocycles. The molecule has 1 aliphatic rings. The molecule has 2 aromatic rings. The van der Waals surface area contributed by atoms with E-state index in [4.69, 9.17) is 4.74 Å². The predicted octanol–water partition coefficient (Wildman–Crippen LogP) is 1.65. The third-order valence-electron chi connectivity index (χ3n) is 4.00. The first-order valence-electron chi connectivity index (χ1n) is 7.51. The van der Waals surface area contributed by atoms with Crippen LogP contribution in [0.3, 0.4) is 0 Å². The van der Waals surface area contributed by atoms with Crippen LogP contribution in [0.5, 0.6) is 0 Å². The van der Waals surface area contributed by atoms with Crippen molar-refractivity contribution in [2.45, 2.75) is 25.8 Å². The monoisotopic (exact) mass is 300 g/mol. The highest BCUT2D eigenvalue weighted by atomic mass is 16.5. The van der Waals surface area contributed by atoms with E-state index in [1.54, 1.807) is 12.4 Å². The van der Waals surface area contributed by atoms with Gasteiger partial charge in [0.05, 0.1) is 31.1 Å². The Balaban J connectivity index is 1.68. The molecular weight excluding hydrogens is 280 g/mol. The van der Waals surface area contributed by atoms with Crippen molar-refractivity contribution < 1.29 is 9.53 Å². The second-order valence-electron chi connectivity index (χ2n) is 5.51. The molecule has 22 heavy (non-hydrogen) atoms. The molecule has 6 heteroatoms. The predicted molar refractivity (Wildman–Crippen MR) is 81.2 cm³/mol. The maximum absolute atomic E-state index is 12.6. The third kappa shape index (κ3) is 3.17. The van der Waals surface area contributed by atoms with Crippen molar-refractivity contribution >= 4 is 5.91 Å². The van der Waals surface area contributed by atoms with Gasteiger partial charge in [-0.2, -0.15) is 5.10 Å². The van der Waals surface area contributed by atoms with E-state index in [9.17, 15) is 4.79 Å². The fraction of sp³-hybridized carbons (Fsp3) is 0.438. The maximum Gasteiger partial charge on any atom is 0.223 e. The number of morpholine rings is 1. The zero-order chi connectivity index (χ0) is 15.4. The van der Waals surface area contributed by atoms with Crippen molar-refractivity contribution in [2.24, 2.45) is 0 Å². The number of H-pyrrole nitrogens is 1. The number of aromatic nitrogens is 3. The van der Waals surface area contributed by atoms with Crippen LogP contribution in [-0.4, -0.2) is 45.7 Å². The van der Waals surface area contributed by atoms with E-state index in [2.05, 4.69) is 15.2 Å². The maximum atomic E-state index is 12.6. The highest BCUT2D eigenvalue weighted by Gasteiger charge is 2.30. The minimum absolute atomic E-state index is 0.0716. The van der Waals surface area contributed by atoms with Crippen LogP contribution in [0.25, 0.3) is 0 Å². The number of nitrogens with one attached hydrogen (secondary N) is 1. The van der Waals surface area contributed by atoms with Crippen LogP contribution in [0.2, 0.25) is 0 Å². The van der Waals surface area contributed by atoms with Crippen molar-refractivity contribution in [2.75, 3.05) is 19.8 Å². The molecule has 1 unspecified atom stereocenters. The molecule has 1 fully saturated rings. The lowest BCUT2D eigenvalue weighted by Gasteiger charge is -2.35. The number of rotatable bonds is 4. The first-order chi connectivity index (χ1) is 10.8. The molecular formula is C16H20N4O2. The van der Waals surface area contributed by atoms with E-state index in [0.717, 1.165) is 16.8 Å². The topological polar surface area (TPSA) is 71.1 Å². The number of carbonyl (C=O) groups excluding carboxylic acids is 1. The van der Waals surface area contributed by atoms with Crippen LogP contribution in [0.1, 0.15) is 29.3 Å². The number of amides is 1. The SMILES string of the molecule is Cc1cn[nH]c1C1COCCN1C(=O)CCc1cccnc1. The van der Waals surface area contributed by atoms with Gasteiger partial charge in [-0.05, 0) is 30.5 Å². The van der Waals surface area contributed by atoms with Crippen LogP contribution in [0, 0.1) is 6.92 Å². The van der Waals surface area contributed by atoms with Crippen LogP contribution in [0.15, 0.2) is 30.7 Å². The molecule has 3 heterocycles. The fourth-order valence-electron chi connectivity index (χ4n) is 2.78. The van der Waals surface area contributed by atoms with Crippen LogP contribution in [0.4, 0.5) is 0 Å². The van der Waals surface area contributed by atoms with Crippen LogP contribution >= 0.6 is 0 Å². The number of hydrogen-bond donors (Lipinski definition) is 1. The Bertz CT molecular complexity index is 626. The summed E-state index contributed by atoms with van der Waals surface area (Å²) in [7, 11) is 0. The average molecular weight is 300 g/mol. The van der Waals surface area contributed by atoms with Gasteiger partial charge in [-0.1, -0.05) is 6.07 Å². The molecule has 0 bridgehead atoms. The van der Waals surface area contributed by atoms with Crippen molar-refractivity contribution in [3.05, 3.63) is 47.5 Å². The summed E-state index contributed by atoms with van der Waals surface area (Å²) in [5.41, 5.74) is 3.10. The van der Waals surface area contributed by atoms with E-state index in [1.807, 2.05) is 30.2 Å². The summed E-state index contributed by atoms with van der Waals surface area (Å²) in [6, 6.07) is 3.82. The van der Waals surface area contributed by atoms with E-state index in [0.29, 0.717) is 32.6 Å². The lowest BCUT2D eigenvalue weighted by molar-refractivity contribution is -0.140. The van der Waals surface area contributed by atoms with Crippen molar-refractivity contribution in [3.63, 3.8) is 0 Å². The lowest BCUT2D eigenvalue weighted by Crippen LogP contribution is -2.43. The Labute approximate surface area is 129 Å². The first-order valence-corrected chi connectivity index (χ1v) is 7.51. The summed E-state index contributed by atoms with van der Waals surface area (Å²) in [6.45, 7) is 3.71. The highest BCUT2D eigenvalue weighted by molar-refractivity contribution is 5.77. The summed E-state index contributed by atoms with van der Waals surface area (Å²) < 4.78 is 5.55. The molecule has 0 saturated carbocycles. The van der Waals surface area contributed by atoms with Gasteiger partial charge in [-0.25, -0.2) is 0 Å². The van der Waals surface area contributed by atoms with E-state index >= 15 is 0 Å². The van der Waals surface area contributed by atoms with E-state index in [-0.39, 0.29) is 11.9 Å². The van der Waals surface area contributed by atoms with Gasteiger partial charge in [0.1, 0.15) is 0 Å². The lowest BCUT2D eigenvalue weighted by atomic mass is 10.1. The molecule has 3 rings (SSSR count). The van der Waals surface area contributed by atoms with Gasteiger partial charge in [0.15, 0.2) is 0 Å². The molecule has 0 spiro atoms. The van der Waals surface area contributed by atoms with Gasteiger partial charge in [-0.15, -0.1) is 0 Å². The Hall–Kier alpha value is -2.21. The largest absolute Gasteiger partial charge is 0.377 e. The summed E-state index contributed by atoms with van der Waals surface area (Å²) in [4.78, 5) is 18.6. The number of nitrogens with zero attached hydrogens (tertiary/aromatic N) is 3. The van der Waals surface area contributed by atoms with Crippen LogP contribution < -0.4 is 0 Å². The zero-order valence-corrected chi connectivity index (χ0v) is 12.7. The van der Waals surface area contributed by atoms with Gasteiger partial charge >= 0.3 is 0 Å². The van der Waals surface area contributed by atoms with Gasteiger partial charge in [0, 0.05) is 25.4 Å². The van der Waals surface area contributed by atoms with Gasteiger partial charge in [-0.3, -0.25) is 14.9 Å². The van der Waals surface area contributed by atoms with Gasteiger partial charge in [0.25, 0.3) is 0 Å². The number of pyridine rings is 1. The number of aryl methyl sites for hydroxylation is 2. The highest BCUT2D eigenvalue weighted by Crippen LogP contribution is 2.25. The number of aromatic amines is 1. The third-order valence-corrected chi connectivity index (χ3v) is 4.00. The number of ether oxygens (including phenoxy) is 1. The van der Waals surface area contributed by atoms with E-state index in [1.165, 1.54) is 0 Å². The molecule has 0 radical (unpaired) electrons. The molecule has 0 aliphatic carbocycles. The molecule has 0 aromatic carbocycles. The van der Waals surface area contributed by atoms with Gasteiger partial charge in [0.2, 0.25) is 5.91 Å². The molecule has 1 amide bonds. The number of hydrogen-bond acceptors (Lipinski definition) is 4. The molecule has 1 N–H and O–H groups in total. The Kier molecular flexibility index (Phi) is 4.48. The molecule has 116 valence electrons. The van der Waals surface area contributed by atoms with Crippen LogP contribution in [-0.2, 0) is 16.0 Å². The summed E-state index contributed by atoms with van der Waals surface area (Å²) in [5.74, 6) is 0.145. The molecule has 1 aliphatic heterocycles. The van der Waals surface area contributed by atoms with E-state index < -0.39 is 0 Å². The van der Waals surface area contributed by atoms with Crippen molar-refractivity contribution in [3.8, 4) is 0 Å². The molecule has 1 atom stereocenters. The first kappa shape index (κ1) is 14.7. The summed E-state index contributed by atoms with van der Waals surface area (Å²) in [6.07, 6.45) is 6.52. The normalized spacial score (nSPS) is 18.4. The fourth-order valence-corrected chi connectivity index (χ4v) is 2.78. The number of carbonyl (C=O) groups is 1. The average Bonchev–Trinajstić information content (AvgIpc) is 2.99. The van der Waals surface area contributed by atoms with Crippen molar-refractivity contribution in [1.82, 2.24) is 20.1 Å². The zero-order valence-electron chi connectivity index (χ0n) is 12.7. The summed E-state index contributed by atoms with van der Waals surface area (Å²) in [5, 5.41) is 7.06. The Morgan fingerprint density at radius 1 is 1.50 bits per heavy atom. The minimum atomic E-state index is -0.0716. The second kappa shape index (κ2) is 6.70. The smallest absolute Gasteiger partial charge is 0.223 e. The Morgan fingerprint density at radius 2 is 2.41 bits per heavy atom. The summed E-state index contributed by atoms with van der Waals surface area (Å²) >= 11 is 0. The molecule has 1 saturated heterocycles. The van der Waals surface area contributed by atoms with Crippen molar-refractivity contribution in [1.29, 1.82) is 0 Å². The molecule has 6 nitrogen and oxygen atoms in total. The van der Waals surface area contributed by atoms with Gasteiger partial charge < -0.3 is 9.64 Å². The standard InChI is InChI=1S/C16H20N4O2/c1-12-9-18-19-16(12)14-11-22-8-7-20(14)15(21)5-4-13-3-2-6-17-10-13/h2-3,6,9-10,14H,4-5,7-8,11H2,1H3,(H,18,19). The minimum Gasteiger partial charge on any atom is -0.377 e. The Morgan fingerprint density at radius 3 is 3.14 bits per heavy atom.